The molecule has 0 saturated heterocycles. The summed E-state index contributed by atoms with van der Waals surface area (Å²) in [5.74, 6) is -3.11. The predicted molar refractivity (Wildman–Crippen MR) is 211 cm³/mol. The van der Waals surface area contributed by atoms with Crippen LogP contribution in [0.5, 0.6) is 0 Å². The van der Waals surface area contributed by atoms with Gasteiger partial charge in [0.05, 0.1) is 42.6 Å². The molecule has 4 N–H and O–H groups in total. The van der Waals surface area contributed by atoms with Gasteiger partial charge in [-0.3, -0.25) is 24.4 Å². The number of ketones is 2. The van der Waals surface area contributed by atoms with E-state index in [2.05, 4.69) is 15.3 Å². The first kappa shape index (κ1) is 42.2. The molecule has 0 aliphatic rings. The van der Waals surface area contributed by atoms with Crippen LogP contribution in [0, 0.1) is 25.5 Å². The second kappa shape index (κ2) is 19.8. The second-order valence-corrected chi connectivity index (χ2v) is 14.9. The first-order valence-electron chi connectivity index (χ1n) is 17.6. The number of esters is 1. The highest BCUT2D eigenvalue weighted by molar-refractivity contribution is 7.21. The zero-order chi connectivity index (χ0) is 41.1. The number of pyridine rings is 2. The smallest absolute Gasteiger partial charge is 0.408 e. The summed E-state index contributed by atoms with van der Waals surface area (Å²) in [5.41, 5.74) is 8.93. The molecular weight excluding hydrogens is 779 g/mol. The molecule has 0 unspecified atom stereocenters. The van der Waals surface area contributed by atoms with E-state index in [1.54, 1.807) is 26.0 Å². The van der Waals surface area contributed by atoms with Gasteiger partial charge in [-0.05, 0) is 49.9 Å². The fourth-order valence-electron chi connectivity index (χ4n) is 5.35. The van der Waals surface area contributed by atoms with Gasteiger partial charge in [-0.25, -0.2) is 18.4 Å². The number of thiophene rings is 2. The number of nitrogens with one attached hydrogen (secondary N) is 1. The van der Waals surface area contributed by atoms with Crippen molar-refractivity contribution in [3.8, 4) is 0 Å². The number of benzene rings is 2. The monoisotopic (exact) mass is 816 g/mol. The van der Waals surface area contributed by atoms with Gasteiger partial charge in [-0.15, -0.1) is 22.7 Å². The lowest BCUT2D eigenvalue weighted by molar-refractivity contribution is -0.147. The minimum absolute atomic E-state index is 0.00190. The standard InChI is InChI=1S/C28H25FN2O5S.C13H13FN2O3S/c1-18-21(29)15-30-23-14-25(37-26(18)23)24(32)13-12-22(27(33)35-16-19-8-4-2-5-9-19)31-28(34)36-17-20-10-6-3-7-11-20;1-6-7(14)5-16-9-4-11(20-12(6)9)10(17)3-2-8(15)13(18)19/h2-11,14-15,22H,12-13,16-17H2,1H3,(H,31,34);4-5,8H,2-3,15H2,1H3,(H,18,19)/t22-;8-/m11/s1. The van der Waals surface area contributed by atoms with Crippen LogP contribution in [0.4, 0.5) is 13.6 Å². The van der Waals surface area contributed by atoms with Crippen LogP contribution in [0.15, 0.2) is 85.2 Å². The number of aliphatic carboxylic acids is 1. The van der Waals surface area contributed by atoms with Gasteiger partial charge in [0.1, 0.15) is 36.9 Å². The number of carboxylic acids is 1. The Morgan fingerprint density at radius 1 is 0.737 bits per heavy atom. The highest BCUT2D eigenvalue weighted by Gasteiger charge is 2.25. The Hall–Kier alpha value is -5.97. The second-order valence-electron chi connectivity index (χ2n) is 12.8. The Labute approximate surface area is 333 Å². The number of nitrogens with two attached hydrogens (primary N) is 1. The van der Waals surface area contributed by atoms with Gasteiger partial charge in [0.15, 0.2) is 11.6 Å². The van der Waals surface area contributed by atoms with E-state index in [9.17, 15) is 32.8 Å². The summed E-state index contributed by atoms with van der Waals surface area (Å²) in [4.78, 5) is 69.6. The van der Waals surface area contributed by atoms with E-state index < -0.39 is 41.7 Å². The number of nitrogens with zero attached hydrogens (tertiary/aromatic N) is 2. The quantitative estimate of drug-likeness (QED) is 0.0676. The molecule has 1 amide bonds. The maximum absolute atomic E-state index is 13.8. The number of hydrogen-bond donors (Lipinski definition) is 3. The summed E-state index contributed by atoms with van der Waals surface area (Å²) in [6, 6.07) is 19.3. The van der Waals surface area contributed by atoms with Crippen LogP contribution < -0.4 is 11.1 Å². The Morgan fingerprint density at radius 2 is 1.19 bits per heavy atom. The number of fused-ring (bicyclic) bond motifs is 2. The molecule has 2 atom stereocenters. The van der Waals surface area contributed by atoms with Gasteiger partial charge in [-0.2, -0.15) is 0 Å². The molecule has 0 bridgehead atoms. The number of amides is 1. The molecule has 0 fully saturated rings. The molecule has 4 aromatic heterocycles. The van der Waals surface area contributed by atoms with Gasteiger partial charge in [0, 0.05) is 24.0 Å². The van der Waals surface area contributed by atoms with Gasteiger partial charge >= 0.3 is 18.0 Å². The lowest BCUT2D eigenvalue weighted by Gasteiger charge is -2.17. The van der Waals surface area contributed by atoms with Crippen LogP contribution in [-0.4, -0.2) is 56.8 Å². The van der Waals surface area contributed by atoms with Crippen molar-refractivity contribution in [2.75, 3.05) is 0 Å². The van der Waals surface area contributed by atoms with Crippen molar-refractivity contribution >= 4 is 72.7 Å². The number of carbonyl (C=O) groups excluding carboxylic acids is 4. The van der Waals surface area contributed by atoms with Crippen molar-refractivity contribution in [3.05, 3.63) is 129 Å². The van der Waals surface area contributed by atoms with E-state index in [0.29, 0.717) is 41.3 Å². The molecule has 4 heterocycles. The fraction of sp³-hybridized carbons (Fsp3) is 0.244. The van der Waals surface area contributed by atoms with Gasteiger partial charge in [0.25, 0.3) is 0 Å². The lowest BCUT2D eigenvalue weighted by Crippen LogP contribution is -2.42. The summed E-state index contributed by atoms with van der Waals surface area (Å²) in [5, 5.41) is 11.2. The number of aromatic nitrogens is 2. The minimum atomic E-state index is -1.13. The molecule has 0 saturated carbocycles. The molecule has 0 spiro atoms. The van der Waals surface area contributed by atoms with E-state index in [1.165, 1.54) is 11.3 Å². The Balaban J connectivity index is 0.000000261. The first-order valence-corrected chi connectivity index (χ1v) is 19.3. The normalized spacial score (nSPS) is 11.9. The Kier molecular flexibility index (Phi) is 14.6. The zero-order valence-electron chi connectivity index (χ0n) is 30.8. The highest BCUT2D eigenvalue weighted by Crippen LogP contribution is 2.30. The maximum atomic E-state index is 13.8. The van der Waals surface area contributed by atoms with E-state index in [-0.39, 0.29) is 50.5 Å². The molecule has 0 radical (unpaired) electrons. The van der Waals surface area contributed by atoms with Crippen molar-refractivity contribution in [1.82, 2.24) is 15.3 Å². The lowest BCUT2D eigenvalue weighted by atomic mass is 10.1. The Bertz CT molecular complexity index is 2390. The predicted octanol–water partition coefficient (Wildman–Crippen LogP) is 7.86. The molecule has 2 aromatic carbocycles. The molecule has 296 valence electrons. The SMILES string of the molecule is Cc1c(F)cnc2cc(C(=O)CC[C@@H](N)C(=O)O)sc12.Cc1c(F)cnc2cc(C(=O)CC[C@@H](NC(=O)OCc3ccccc3)C(=O)OCc3ccccc3)sc12. The molecule has 0 aliphatic heterocycles. The minimum Gasteiger partial charge on any atom is -0.480 e. The van der Waals surface area contributed by atoms with Crippen molar-refractivity contribution in [1.29, 1.82) is 0 Å². The average molecular weight is 817 g/mol. The van der Waals surface area contributed by atoms with Crippen LogP contribution in [0.1, 0.15) is 67.3 Å². The number of hydrogen-bond acceptors (Lipinski definition) is 12. The van der Waals surface area contributed by atoms with Crippen LogP contribution >= 0.6 is 22.7 Å². The van der Waals surface area contributed by atoms with Crippen molar-refractivity contribution in [3.63, 3.8) is 0 Å². The van der Waals surface area contributed by atoms with Crippen LogP contribution in [0.25, 0.3) is 20.4 Å². The third-order valence-electron chi connectivity index (χ3n) is 8.68. The summed E-state index contributed by atoms with van der Waals surface area (Å²) in [6.07, 6.45) is 1.53. The zero-order valence-corrected chi connectivity index (χ0v) is 32.5. The third kappa shape index (κ3) is 11.5. The van der Waals surface area contributed by atoms with Crippen LogP contribution in [0.2, 0.25) is 0 Å². The molecule has 16 heteroatoms. The highest BCUT2D eigenvalue weighted by atomic mass is 32.1. The number of halogens is 2. The fourth-order valence-corrected chi connectivity index (χ4v) is 7.49. The maximum Gasteiger partial charge on any atom is 0.408 e. The summed E-state index contributed by atoms with van der Waals surface area (Å²) < 4.78 is 39.1. The number of aryl methyl sites for hydroxylation is 2. The van der Waals surface area contributed by atoms with Crippen LogP contribution in [-0.2, 0) is 32.3 Å². The van der Waals surface area contributed by atoms with E-state index >= 15 is 0 Å². The van der Waals surface area contributed by atoms with Crippen molar-refractivity contribution in [2.24, 2.45) is 5.73 Å². The van der Waals surface area contributed by atoms with Gasteiger partial charge < -0.3 is 25.6 Å². The molecule has 0 aliphatic carbocycles. The average Bonchev–Trinajstić information content (AvgIpc) is 3.87. The molecule has 12 nitrogen and oxygen atoms in total. The van der Waals surface area contributed by atoms with Gasteiger partial charge in [0.2, 0.25) is 0 Å². The number of Topliss-reactive ketones (excluding diaryl/α,β-unsaturated/α-hetero) is 2. The Morgan fingerprint density at radius 3 is 1.67 bits per heavy atom. The largest absolute Gasteiger partial charge is 0.480 e. The summed E-state index contributed by atoms with van der Waals surface area (Å²) in [6.45, 7) is 3.32. The molecular formula is C41H38F2N4O8S2. The third-order valence-corrected chi connectivity index (χ3v) is 11.2. The van der Waals surface area contributed by atoms with Crippen molar-refractivity contribution in [2.45, 2.75) is 64.8 Å². The summed E-state index contributed by atoms with van der Waals surface area (Å²) >= 11 is 2.32. The van der Waals surface area contributed by atoms with Crippen LogP contribution in [0.3, 0.4) is 0 Å². The van der Waals surface area contributed by atoms with E-state index in [4.69, 9.17) is 20.3 Å². The van der Waals surface area contributed by atoms with E-state index in [0.717, 1.165) is 34.9 Å². The number of carboxylic acid groups (broad SMARTS) is 1. The number of carbonyl (C=O) groups is 5. The number of ether oxygens (including phenoxy) is 2. The van der Waals surface area contributed by atoms with Gasteiger partial charge in [-0.1, -0.05) is 60.7 Å². The molecule has 57 heavy (non-hydrogen) atoms. The van der Waals surface area contributed by atoms with Crippen molar-refractivity contribution < 1.29 is 47.3 Å². The first-order chi connectivity index (χ1) is 27.3. The number of rotatable bonds is 15. The van der Waals surface area contributed by atoms with E-state index in [1.807, 2.05) is 60.7 Å². The molecule has 6 aromatic rings. The topological polar surface area (TPSA) is 188 Å². The number of alkyl carbamates (subject to hydrolysis) is 1. The molecule has 6 rings (SSSR count). The summed E-state index contributed by atoms with van der Waals surface area (Å²) in [7, 11) is 0.